The summed E-state index contributed by atoms with van der Waals surface area (Å²) in [7, 11) is 0. The third kappa shape index (κ3) is 3.46. The van der Waals surface area contributed by atoms with Crippen molar-refractivity contribution in [3.8, 4) is 0 Å². The normalized spacial score (nSPS) is 35.1. The van der Waals surface area contributed by atoms with Gasteiger partial charge < -0.3 is 23.8 Å². The van der Waals surface area contributed by atoms with Crippen LogP contribution >= 0.6 is 0 Å². The highest BCUT2D eigenvalue weighted by molar-refractivity contribution is 5.64. The van der Waals surface area contributed by atoms with E-state index in [1.165, 1.54) is 0 Å². The summed E-state index contributed by atoms with van der Waals surface area (Å²) in [6, 6.07) is 0. The standard InChI is InChI=1S/C14H21NO5/c1-5-7-16-11-10(9-15-17-8-6-2)18-13-12(11)19-14(3,4)20-13/h5-6,9-13H,1-2,7-8H2,3-4H3/b15-9-/t10-,11+,12-,13-/m1/s1. The Morgan fingerprint density at radius 3 is 2.65 bits per heavy atom. The van der Waals surface area contributed by atoms with Gasteiger partial charge in [-0.25, -0.2) is 0 Å². The van der Waals surface area contributed by atoms with Crippen LogP contribution in [0.4, 0.5) is 0 Å². The van der Waals surface area contributed by atoms with Crippen LogP contribution in [0, 0.1) is 0 Å². The minimum absolute atomic E-state index is 0.291. The fourth-order valence-corrected chi connectivity index (χ4v) is 2.19. The summed E-state index contributed by atoms with van der Waals surface area (Å²) in [5, 5.41) is 3.83. The molecular formula is C14H21NO5. The fraction of sp³-hybridized carbons (Fsp3) is 0.643. The molecule has 0 saturated carbocycles. The van der Waals surface area contributed by atoms with Crippen molar-refractivity contribution >= 4 is 6.21 Å². The van der Waals surface area contributed by atoms with E-state index in [2.05, 4.69) is 18.3 Å². The maximum atomic E-state index is 5.81. The number of nitrogens with zero attached hydrogens (tertiary/aromatic N) is 1. The highest BCUT2D eigenvalue weighted by atomic mass is 16.8. The van der Waals surface area contributed by atoms with E-state index in [4.69, 9.17) is 23.8 Å². The molecule has 0 aromatic rings. The second-order valence-electron chi connectivity index (χ2n) is 4.99. The largest absolute Gasteiger partial charge is 0.392 e. The summed E-state index contributed by atoms with van der Waals surface area (Å²) >= 11 is 0. The Labute approximate surface area is 119 Å². The van der Waals surface area contributed by atoms with Crippen molar-refractivity contribution in [1.29, 1.82) is 0 Å². The van der Waals surface area contributed by atoms with Crippen LogP contribution in [0.1, 0.15) is 13.8 Å². The molecule has 6 heteroatoms. The maximum absolute atomic E-state index is 5.81. The van der Waals surface area contributed by atoms with Gasteiger partial charge in [-0.05, 0) is 13.8 Å². The molecule has 2 saturated heterocycles. The van der Waals surface area contributed by atoms with Crippen molar-refractivity contribution in [2.24, 2.45) is 5.16 Å². The molecule has 2 fully saturated rings. The highest BCUT2D eigenvalue weighted by Gasteiger charge is 2.55. The summed E-state index contributed by atoms with van der Waals surface area (Å²) in [4.78, 5) is 4.97. The predicted octanol–water partition coefficient (Wildman–Crippen LogP) is 1.62. The summed E-state index contributed by atoms with van der Waals surface area (Å²) in [6.45, 7) is 11.6. The van der Waals surface area contributed by atoms with Crippen molar-refractivity contribution in [2.75, 3.05) is 13.2 Å². The van der Waals surface area contributed by atoms with E-state index in [1.54, 1.807) is 18.4 Å². The number of hydrogen-bond acceptors (Lipinski definition) is 6. The van der Waals surface area contributed by atoms with Gasteiger partial charge in [0.1, 0.15) is 24.9 Å². The number of hydrogen-bond donors (Lipinski definition) is 0. The van der Waals surface area contributed by atoms with Gasteiger partial charge in [-0.15, -0.1) is 6.58 Å². The van der Waals surface area contributed by atoms with Crippen LogP contribution in [0.5, 0.6) is 0 Å². The first-order valence-electron chi connectivity index (χ1n) is 6.57. The second-order valence-corrected chi connectivity index (χ2v) is 4.99. The average Bonchev–Trinajstić information content (AvgIpc) is 2.84. The van der Waals surface area contributed by atoms with Crippen LogP contribution in [0.3, 0.4) is 0 Å². The van der Waals surface area contributed by atoms with Gasteiger partial charge in [-0.3, -0.25) is 0 Å². The van der Waals surface area contributed by atoms with Crippen LogP contribution in [-0.2, 0) is 23.8 Å². The van der Waals surface area contributed by atoms with Crippen molar-refractivity contribution in [2.45, 2.75) is 44.2 Å². The van der Waals surface area contributed by atoms with Crippen LogP contribution in [0.25, 0.3) is 0 Å². The summed E-state index contributed by atoms with van der Waals surface area (Å²) in [5.74, 6) is -0.674. The Bertz CT molecular complexity index is 382. The lowest BCUT2D eigenvalue weighted by molar-refractivity contribution is -0.209. The third-order valence-electron chi connectivity index (χ3n) is 2.91. The van der Waals surface area contributed by atoms with Crippen LogP contribution < -0.4 is 0 Å². The van der Waals surface area contributed by atoms with E-state index in [1.807, 2.05) is 13.8 Å². The molecule has 2 heterocycles. The lowest BCUT2D eigenvalue weighted by Gasteiger charge is -2.23. The molecule has 6 nitrogen and oxygen atoms in total. The molecule has 0 unspecified atom stereocenters. The maximum Gasteiger partial charge on any atom is 0.190 e. The number of fused-ring (bicyclic) bond motifs is 1. The van der Waals surface area contributed by atoms with Crippen LogP contribution in [-0.4, -0.2) is 49.8 Å². The van der Waals surface area contributed by atoms with Crippen molar-refractivity contribution in [3.63, 3.8) is 0 Å². The minimum atomic E-state index is -0.674. The number of ether oxygens (including phenoxy) is 4. The number of rotatable bonds is 7. The van der Waals surface area contributed by atoms with E-state index in [-0.39, 0.29) is 18.3 Å². The molecule has 0 amide bonds. The molecule has 2 aliphatic rings. The Kier molecular flexibility index (Phi) is 4.93. The van der Waals surface area contributed by atoms with Crippen LogP contribution in [0.15, 0.2) is 30.5 Å². The van der Waals surface area contributed by atoms with Crippen molar-refractivity contribution in [1.82, 2.24) is 0 Å². The molecule has 0 radical (unpaired) electrons. The SMILES string of the molecule is C=CCO/N=C\[C@H]1O[C@@H]2OC(C)(C)O[C@@H]2[C@H]1OCC=C. The molecule has 20 heavy (non-hydrogen) atoms. The van der Waals surface area contributed by atoms with E-state index in [9.17, 15) is 0 Å². The van der Waals surface area contributed by atoms with E-state index in [0.717, 1.165) is 0 Å². The average molecular weight is 283 g/mol. The lowest BCUT2D eigenvalue weighted by atomic mass is 10.1. The molecule has 0 bridgehead atoms. The van der Waals surface area contributed by atoms with Gasteiger partial charge in [0.2, 0.25) is 0 Å². The second kappa shape index (κ2) is 6.49. The smallest absolute Gasteiger partial charge is 0.190 e. The Hall–Kier alpha value is -1.21. The number of oxime groups is 1. The van der Waals surface area contributed by atoms with Crippen LogP contribution in [0.2, 0.25) is 0 Å². The monoisotopic (exact) mass is 283 g/mol. The predicted molar refractivity (Wildman–Crippen MR) is 73.3 cm³/mol. The van der Waals surface area contributed by atoms with Gasteiger partial charge in [0.25, 0.3) is 0 Å². The van der Waals surface area contributed by atoms with E-state index < -0.39 is 12.1 Å². The Morgan fingerprint density at radius 1 is 1.20 bits per heavy atom. The lowest BCUT2D eigenvalue weighted by Crippen LogP contribution is -2.37. The summed E-state index contributed by atoms with van der Waals surface area (Å²) in [5.41, 5.74) is 0. The molecular weight excluding hydrogens is 262 g/mol. The summed E-state index contributed by atoms with van der Waals surface area (Å²) < 4.78 is 22.9. The zero-order valence-electron chi connectivity index (χ0n) is 11.9. The first-order valence-corrected chi connectivity index (χ1v) is 6.57. The zero-order chi connectivity index (χ0) is 14.6. The van der Waals surface area contributed by atoms with Gasteiger partial charge in [-0.2, -0.15) is 0 Å². The molecule has 0 aromatic carbocycles. The first kappa shape index (κ1) is 15.2. The van der Waals surface area contributed by atoms with Crippen molar-refractivity contribution < 1.29 is 23.8 Å². The molecule has 4 atom stereocenters. The molecule has 2 rings (SSSR count). The van der Waals surface area contributed by atoms with Gasteiger partial charge in [0.15, 0.2) is 12.1 Å². The highest BCUT2D eigenvalue weighted by Crippen LogP contribution is 2.38. The van der Waals surface area contributed by atoms with Crippen molar-refractivity contribution in [3.05, 3.63) is 25.3 Å². The Balaban J connectivity index is 2.00. The molecule has 2 aliphatic heterocycles. The van der Waals surface area contributed by atoms with E-state index >= 15 is 0 Å². The zero-order valence-corrected chi connectivity index (χ0v) is 11.9. The Morgan fingerprint density at radius 2 is 1.95 bits per heavy atom. The molecule has 0 spiro atoms. The molecule has 0 aromatic heterocycles. The quantitative estimate of drug-likeness (QED) is 0.307. The van der Waals surface area contributed by atoms with E-state index in [0.29, 0.717) is 13.2 Å². The summed E-state index contributed by atoms with van der Waals surface area (Å²) in [6.07, 6.45) is 3.40. The van der Waals surface area contributed by atoms with Gasteiger partial charge in [0, 0.05) is 0 Å². The minimum Gasteiger partial charge on any atom is -0.392 e. The van der Waals surface area contributed by atoms with Gasteiger partial charge in [0.05, 0.1) is 12.8 Å². The fourth-order valence-electron chi connectivity index (χ4n) is 2.19. The van der Waals surface area contributed by atoms with Gasteiger partial charge >= 0.3 is 0 Å². The molecule has 0 aliphatic carbocycles. The molecule has 112 valence electrons. The topological polar surface area (TPSA) is 58.5 Å². The molecule has 0 N–H and O–H groups in total. The first-order chi connectivity index (χ1) is 9.57. The third-order valence-corrected chi connectivity index (χ3v) is 2.91. The van der Waals surface area contributed by atoms with Gasteiger partial charge in [-0.1, -0.05) is 23.9 Å².